The summed E-state index contributed by atoms with van der Waals surface area (Å²) in [5.41, 5.74) is 5.15. The van der Waals surface area contributed by atoms with Gasteiger partial charge in [-0.05, 0) is 35.7 Å². The highest BCUT2D eigenvalue weighted by Crippen LogP contribution is 2.34. The van der Waals surface area contributed by atoms with Gasteiger partial charge in [0.15, 0.2) is 5.65 Å². The number of anilines is 1. The summed E-state index contributed by atoms with van der Waals surface area (Å²) >= 11 is 19.0. The second kappa shape index (κ2) is 10.5. The molecule has 0 atom stereocenters. The van der Waals surface area contributed by atoms with E-state index in [2.05, 4.69) is 20.8 Å². The number of hydrazine groups is 1. The zero-order chi connectivity index (χ0) is 26.1. The van der Waals surface area contributed by atoms with E-state index >= 15 is 0 Å². The molecule has 2 heterocycles. The molecule has 9 nitrogen and oxygen atoms in total. The Morgan fingerprint density at radius 2 is 1.75 bits per heavy atom. The van der Waals surface area contributed by atoms with Crippen LogP contribution >= 0.6 is 34.8 Å². The predicted octanol–water partition coefficient (Wildman–Crippen LogP) is 5.38. The van der Waals surface area contributed by atoms with Crippen LogP contribution in [0.5, 0.6) is 0 Å². The predicted molar refractivity (Wildman–Crippen MR) is 144 cm³/mol. The molecule has 2 aromatic heterocycles. The third-order valence-corrected chi connectivity index (χ3v) is 6.06. The highest BCUT2D eigenvalue weighted by molar-refractivity contribution is 6.40. The Morgan fingerprint density at radius 1 is 1.11 bits per heavy atom. The second-order valence-electron chi connectivity index (χ2n) is 8.72. The molecule has 0 aliphatic carbocycles. The summed E-state index contributed by atoms with van der Waals surface area (Å²) in [4.78, 5) is 32.6. The number of nitrogens with one attached hydrogen (secondary N) is 3. The number of hydrogen-bond donors (Lipinski definition) is 3. The molecule has 0 radical (unpaired) electrons. The van der Waals surface area contributed by atoms with E-state index in [1.165, 1.54) is 4.68 Å². The number of urea groups is 1. The summed E-state index contributed by atoms with van der Waals surface area (Å²) in [7, 11) is 3.44. The third-order valence-electron chi connectivity index (χ3n) is 5.26. The molecule has 0 aliphatic rings. The van der Waals surface area contributed by atoms with Crippen molar-refractivity contribution in [2.75, 3.05) is 19.4 Å². The van der Waals surface area contributed by atoms with Gasteiger partial charge in [-0.1, -0.05) is 60.8 Å². The van der Waals surface area contributed by atoms with Crippen LogP contribution in [0.2, 0.25) is 15.1 Å². The lowest BCUT2D eigenvalue weighted by Crippen LogP contribution is -2.39. The molecule has 188 valence electrons. The van der Waals surface area contributed by atoms with Crippen LogP contribution in [0.1, 0.15) is 36.8 Å². The molecule has 2 aromatic carbocycles. The first-order valence-corrected chi connectivity index (χ1v) is 12.2. The zero-order valence-corrected chi connectivity index (χ0v) is 22.3. The van der Waals surface area contributed by atoms with Crippen molar-refractivity contribution >= 4 is 57.6 Å². The number of hydrogen-bond acceptors (Lipinski definition) is 5. The van der Waals surface area contributed by atoms with Crippen LogP contribution < -0.4 is 16.3 Å². The molecule has 0 spiro atoms. The van der Waals surface area contributed by atoms with Crippen LogP contribution in [0.4, 0.5) is 10.5 Å². The van der Waals surface area contributed by atoms with Crippen molar-refractivity contribution in [1.82, 2.24) is 30.2 Å². The molecule has 0 saturated heterocycles. The molecule has 4 rings (SSSR count). The van der Waals surface area contributed by atoms with E-state index in [1.807, 2.05) is 26.0 Å². The number of amides is 2. The summed E-state index contributed by atoms with van der Waals surface area (Å²) < 4.78 is 1.50. The van der Waals surface area contributed by atoms with Crippen LogP contribution in [0.15, 0.2) is 41.2 Å². The summed E-state index contributed by atoms with van der Waals surface area (Å²) in [5.74, 6) is 0.397. The van der Waals surface area contributed by atoms with Crippen LogP contribution in [-0.4, -0.2) is 44.9 Å². The van der Waals surface area contributed by atoms with Crippen LogP contribution in [0.25, 0.3) is 16.7 Å². The average Bonchev–Trinajstić information content (AvgIpc) is 3.14. The largest absolute Gasteiger partial charge is 0.333 e. The number of carbonyl (C=O) groups is 1. The fraction of sp³-hybridized carbons (Fsp3) is 0.250. The van der Waals surface area contributed by atoms with Gasteiger partial charge in [-0.2, -0.15) is 5.10 Å². The van der Waals surface area contributed by atoms with Gasteiger partial charge in [0, 0.05) is 31.2 Å². The number of benzene rings is 2. The van der Waals surface area contributed by atoms with E-state index in [0.717, 1.165) is 5.56 Å². The molecular formula is C24H24Cl3N7O2. The van der Waals surface area contributed by atoms with Gasteiger partial charge in [-0.15, -0.1) is 0 Å². The topological polar surface area (TPSA) is 108 Å². The summed E-state index contributed by atoms with van der Waals surface area (Å²) in [6, 6.07) is 10.0. The Kier molecular flexibility index (Phi) is 7.56. The third kappa shape index (κ3) is 5.49. The van der Waals surface area contributed by atoms with Crippen molar-refractivity contribution in [2.24, 2.45) is 0 Å². The summed E-state index contributed by atoms with van der Waals surface area (Å²) in [6.45, 7) is 3.89. The van der Waals surface area contributed by atoms with Crippen molar-refractivity contribution in [1.29, 1.82) is 0 Å². The van der Waals surface area contributed by atoms with Gasteiger partial charge in [0.2, 0.25) is 0 Å². The smallest absolute Gasteiger partial charge is 0.310 e. The van der Waals surface area contributed by atoms with Gasteiger partial charge < -0.3 is 10.3 Å². The number of H-pyrrole nitrogens is 1. The molecule has 3 N–H and O–H groups in total. The van der Waals surface area contributed by atoms with Gasteiger partial charge in [-0.3, -0.25) is 10.2 Å². The van der Waals surface area contributed by atoms with E-state index in [1.54, 1.807) is 43.4 Å². The first-order valence-electron chi connectivity index (χ1n) is 11.0. The van der Waals surface area contributed by atoms with Crippen LogP contribution in [0.3, 0.4) is 0 Å². The molecule has 12 heteroatoms. The fourth-order valence-electron chi connectivity index (χ4n) is 3.74. The standard InChI is InChI=1S/C24H24Cl3N7O2/c1-12(2)20-19-22(34(31-20)21-16(26)10-14(25)11-17(21)27)29-18(30-23(19)35)9-13-5-7-15(8-6-13)28-24(36)32-33(3)4/h5-8,10-12H,9H2,1-4H3,(H2,28,32,36)(H,29,30,35). The first-order chi connectivity index (χ1) is 17.0. The molecule has 0 unspecified atom stereocenters. The number of rotatable bonds is 6. The normalized spacial score (nSPS) is 11.5. The molecule has 4 aromatic rings. The number of carbonyl (C=O) groups excluding carboxylic acids is 1. The van der Waals surface area contributed by atoms with Gasteiger partial charge in [-0.25, -0.2) is 19.5 Å². The highest BCUT2D eigenvalue weighted by Gasteiger charge is 2.23. The Balaban J connectivity index is 1.73. The highest BCUT2D eigenvalue weighted by atomic mass is 35.5. The van der Waals surface area contributed by atoms with Crippen molar-refractivity contribution < 1.29 is 4.79 Å². The average molecular weight is 549 g/mol. The lowest BCUT2D eigenvalue weighted by Gasteiger charge is -2.13. The minimum absolute atomic E-state index is 0.0444. The Bertz CT molecular complexity index is 1470. The van der Waals surface area contributed by atoms with E-state index in [-0.39, 0.29) is 27.6 Å². The maximum absolute atomic E-state index is 13.2. The molecule has 0 fully saturated rings. The molecule has 36 heavy (non-hydrogen) atoms. The number of nitrogens with zero attached hydrogens (tertiary/aromatic N) is 4. The molecule has 0 saturated carbocycles. The number of aromatic amines is 1. The maximum atomic E-state index is 13.2. The maximum Gasteiger partial charge on any atom is 0.333 e. The Labute approximate surface area is 222 Å². The van der Waals surface area contributed by atoms with E-state index in [0.29, 0.717) is 45.4 Å². The Morgan fingerprint density at radius 3 is 2.33 bits per heavy atom. The fourth-order valence-corrected chi connectivity index (χ4v) is 4.72. The molecule has 0 bridgehead atoms. The van der Waals surface area contributed by atoms with Crippen LogP contribution in [-0.2, 0) is 6.42 Å². The molecule has 2 amide bonds. The van der Waals surface area contributed by atoms with Crippen LogP contribution in [0, 0.1) is 0 Å². The lowest BCUT2D eigenvalue weighted by molar-refractivity contribution is 0.224. The zero-order valence-electron chi connectivity index (χ0n) is 20.0. The van der Waals surface area contributed by atoms with Gasteiger partial charge in [0.25, 0.3) is 5.56 Å². The van der Waals surface area contributed by atoms with Gasteiger partial charge in [0.1, 0.15) is 16.9 Å². The first kappa shape index (κ1) is 26.0. The number of fused-ring (bicyclic) bond motifs is 1. The monoisotopic (exact) mass is 547 g/mol. The number of halogens is 3. The van der Waals surface area contributed by atoms with Crippen molar-refractivity contribution in [3.63, 3.8) is 0 Å². The van der Waals surface area contributed by atoms with E-state index in [9.17, 15) is 9.59 Å². The molecule has 0 aliphatic heterocycles. The molecular weight excluding hydrogens is 525 g/mol. The quantitative estimate of drug-likeness (QED) is 0.280. The lowest BCUT2D eigenvalue weighted by atomic mass is 10.1. The van der Waals surface area contributed by atoms with E-state index < -0.39 is 0 Å². The number of aromatic nitrogens is 4. The minimum Gasteiger partial charge on any atom is -0.310 e. The van der Waals surface area contributed by atoms with E-state index in [4.69, 9.17) is 39.8 Å². The van der Waals surface area contributed by atoms with Crippen molar-refractivity contribution in [3.05, 3.63) is 78.9 Å². The van der Waals surface area contributed by atoms with Crippen molar-refractivity contribution in [3.8, 4) is 5.69 Å². The SMILES string of the molecule is CC(C)c1nn(-c2c(Cl)cc(Cl)cc2Cl)c2nc(Cc3ccc(NC(=O)NN(C)C)cc3)[nH]c(=O)c12. The summed E-state index contributed by atoms with van der Waals surface area (Å²) in [6.07, 6.45) is 0.347. The summed E-state index contributed by atoms with van der Waals surface area (Å²) in [5, 5.41) is 10.3. The minimum atomic E-state index is -0.349. The Hall–Kier alpha value is -3.11. The van der Waals surface area contributed by atoms with Gasteiger partial charge in [0.05, 0.1) is 15.7 Å². The van der Waals surface area contributed by atoms with Gasteiger partial charge >= 0.3 is 6.03 Å². The van der Waals surface area contributed by atoms with Crippen molar-refractivity contribution in [2.45, 2.75) is 26.2 Å². The second-order valence-corrected chi connectivity index (χ2v) is 9.97.